The number of nitrogens with one attached hydrogen (secondary N) is 1. The van der Waals surface area contributed by atoms with Crippen molar-refractivity contribution in [3.8, 4) is 5.75 Å². The Hall–Kier alpha value is -3.27. The van der Waals surface area contributed by atoms with Crippen molar-refractivity contribution in [2.24, 2.45) is 11.8 Å². The molecule has 1 fully saturated rings. The number of ether oxygens (including phenoxy) is 1. The molecule has 1 atom stereocenters. The van der Waals surface area contributed by atoms with Gasteiger partial charge in [0, 0.05) is 31.5 Å². The van der Waals surface area contributed by atoms with Gasteiger partial charge in [-0.25, -0.2) is 4.39 Å². The minimum absolute atomic E-state index is 0.00674. The van der Waals surface area contributed by atoms with Gasteiger partial charge >= 0.3 is 12.0 Å². The molecule has 0 saturated carbocycles. The molecular formula is C28H37FN4O5. The largest absolute Gasteiger partial charge is 0.490 e. The number of piperidine rings is 1. The zero-order valence-corrected chi connectivity index (χ0v) is 22.1. The van der Waals surface area contributed by atoms with Crippen molar-refractivity contribution < 1.29 is 28.3 Å². The third kappa shape index (κ3) is 7.40. The maximum Gasteiger partial charge on any atom is 0.324 e. The summed E-state index contributed by atoms with van der Waals surface area (Å²) in [5.41, 5.74) is 1.85. The molecule has 2 aliphatic rings. The van der Waals surface area contributed by atoms with Crippen LogP contribution in [0.1, 0.15) is 69.7 Å². The van der Waals surface area contributed by atoms with Gasteiger partial charge in [0.2, 0.25) is 0 Å². The second-order valence-corrected chi connectivity index (χ2v) is 10.5. The first-order valence-corrected chi connectivity index (χ1v) is 13.5. The zero-order valence-electron chi connectivity index (χ0n) is 22.1. The molecule has 1 aliphatic heterocycles. The molecule has 10 heteroatoms. The molecule has 206 valence electrons. The second kappa shape index (κ2) is 13.0. The molecule has 1 unspecified atom stereocenters. The van der Waals surface area contributed by atoms with Crippen molar-refractivity contribution in [2.45, 2.75) is 58.3 Å². The smallest absolute Gasteiger partial charge is 0.324 e. The van der Waals surface area contributed by atoms with Gasteiger partial charge in [-0.2, -0.15) is 4.98 Å². The molecule has 2 N–H and O–H groups in total. The molecule has 1 saturated heterocycles. The van der Waals surface area contributed by atoms with Crippen LogP contribution in [0.4, 0.5) is 10.4 Å². The molecule has 9 nitrogen and oxygen atoms in total. The lowest BCUT2D eigenvalue weighted by molar-refractivity contribution is -0.137. The number of Topliss-reactive ketones (excluding diaryl/α,β-unsaturated/α-hetero) is 1. The van der Waals surface area contributed by atoms with Crippen LogP contribution in [0.3, 0.4) is 0 Å². The number of halogens is 1. The van der Waals surface area contributed by atoms with Crippen LogP contribution < -0.4 is 15.0 Å². The van der Waals surface area contributed by atoms with Gasteiger partial charge in [-0.1, -0.05) is 31.1 Å². The average Bonchev–Trinajstić information content (AvgIpc) is 3.41. The van der Waals surface area contributed by atoms with Gasteiger partial charge in [0.05, 0.1) is 19.6 Å². The molecule has 0 bridgehead atoms. The van der Waals surface area contributed by atoms with Gasteiger partial charge in [0.1, 0.15) is 5.78 Å². The van der Waals surface area contributed by atoms with E-state index in [1.807, 2.05) is 26.0 Å². The minimum atomic E-state index is -0.888. The third-order valence-electron chi connectivity index (χ3n) is 7.29. The fourth-order valence-electron chi connectivity index (χ4n) is 4.85. The summed E-state index contributed by atoms with van der Waals surface area (Å²) < 4.78 is 26.1. The van der Waals surface area contributed by atoms with E-state index in [0.717, 1.165) is 37.1 Å². The zero-order chi connectivity index (χ0) is 27.1. The predicted octanol–water partition coefficient (Wildman–Crippen LogP) is 4.44. The highest BCUT2D eigenvalue weighted by atomic mass is 19.1. The molecule has 38 heavy (non-hydrogen) atoms. The number of carboxylic acid groups (broad SMARTS) is 1. The van der Waals surface area contributed by atoms with Crippen molar-refractivity contribution >= 4 is 23.3 Å². The highest BCUT2D eigenvalue weighted by molar-refractivity contribution is 5.84. The van der Waals surface area contributed by atoms with E-state index in [1.54, 1.807) is 6.07 Å². The first-order valence-electron chi connectivity index (χ1n) is 13.5. The van der Waals surface area contributed by atoms with Gasteiger partial charge < -0.3 is 24.6 Å². The van der Waals surface area contributed by atoms with Crippen LogP contribution in [0.5, 0.6) is 5.75 Å². The number of aliphatic carboxylic acids is 1. The normalized spacial score (nSPS) is 18.5. The highest BCUT2D eigenvalue weighted by Gasteiger charge is 2.25. The fraction of sp³-hybridized carbons (Fsp3) is 0.571. The van der Waals surface area contributed by atoms with Crippen LogP contribution in [0.2, 0.25) is 0 Å². The Bertz CT molecular complexity index is 1140. The predicted molar refractivity (Wildman–Crippen MR) is 141 cm³/mol. The minimum Gasteiger partial charge on any atom is -0.490 e. The number of hydrogen-bond acceptors (Lipinski definition) is 8. The summed E-state index contributed by atoms with van der Waals surface area (Å²) in [6.45, 7) is 6.57. The van der Waals surface area contributed by atoms with Gasteiger partial charge in [-0.05, 0) is 61.3 Å². The lowest BCUT2D eigenvalue weighted by Crippen LogP contribution is -2.35. The number of rotatable bonds is 12. The quantitative estimate of drug-likeness (QED) is 0.385. The maximum absolute atomic E-state index is 14.9. The topological polar surface area (TPSA) is 118 Å². The lowest BCUT2D eigenvalue weighted by Gasteiger charge is -2.30. The summed E-state index contributed by atoms with van der Waals surface area (Å²) in [5.74, 6) is 0.245. The van der Waals surface area contributed by atoms with E-state index in [2.05, 4.69) is 20.4 Å². The van der Waals surface area contributed by atoms with Gasteiger partial charge in [0.25, 0.3) is 0 Å². The maximum atomic E-state index is 14.9. The van der Waals surface area contributed by atoms with Crippen molar-refractivity contribution in [3.05, 3.63) is 41.5 Å². The molecule has 0 radical (unpaired) electrons. The average molecular weight is 529 g/mol. The first kappa shape index (κ1) is 27.8. The molecule has 1 aliphatic carbocycles. The summed E-state index contributed by atoms with van der Waals surface area (Å²) in [7, 11) is 0. The van der Waals surface area contributed by atoms with Crippen LogP contribution in [-0.4, -0.2) is 59.8 Å². The molecule has 1 aromatic heterocycles. The number of hydrogen-bond donors (Lipinski definition) is 2. The SMILES string of the molecule is CC(C)c1noc(N2CCC(COc3ccc(C4=CCC(C(=O)CNCCC(=O)O)CC4)cc3F)CC2)n1. The van der Waals surface area contributed by atoms with E-state index in [4.69, 9.17) is 14.4 Å². The molecule has 2 aromatic rings. The van der Waals surface area contributed by atoms with Crippen LogP contribution in [0, 0.1) is 17.7 Å². The molecule has 0 amide bonds. The Kier molecular flexibility index (Phi) is 9.49. The van der Waals surface area contributed by atoms with E-state index in [1.165, 1.54) is 6.07 Å². The third-order valence-corrected chi connectivity index (χ3v) is 7.29. The molecule has 1 aromatic carbocycles. The fourth-order valence-corrected chi connectivity index (χ4v) is 4.85. The van der Waals surface area contributed by atoms with Crippen molar-refractivity contribution in [3.63, 3.8) is 0 Å². The number of aromatic nitrogens is 2. The Morgan fingerprint density at radius 2 is 2.05 bits per heavy atom. The Morgan fingerprint density at radius 1 is 1.26 bits per heavy atom. The van der Waals surface area contributed by atoms with Gasteiger partial charge in [-0.15, -0.1) is 0 Å². The first-order chi connectivity index (χ1) is 18.3. The van der Waals surface area contributed by atoms with Crippen molar-refractivity contribution in [1.82, 2.24) is 15.5 Å². The standard InChI is InChI=1S/C28H37FN4O5/c1-18(2)27-31-28(38-32-27)33-13-10-19(11-14-33)17-37-25-8-7-22(15-23(25)29)20-3-5-21(6-4-20)24(34)16-30-12-9-26(35)36/h3,7-8,15,18-19,21,30H,4-6,9-14,16-17H2,1-2H3,(H,35,36). The number of ketones is 1. The van der Waals surface area contributed by atoms with E-state index in [0.29, 0.717) is 43.6 Å². The van der Waals surface area contributed by atoms with Gasteiger partial charge in [-0.3, -0.25) is 9.59 Å². The summed E-state index contributed by atoms with van der Waals surface area (Å²) in [6, 6.07) is 5.65. The molecular weight excluding hydrogens is 491 g/mol. The van der Waals surface area contributed by atoms with Crippen molar-refractivity contribution in [1.29, 1.82) is 0 Å². The Morgan fingerprint density at radius 3 is 2.68 bits per heavy atom. The number of benzene rings is 1. The summed E-state index contributed by atoms with van der Waals surface area (Å²) >= 11 is 0. The summed E-state index contributed by atoms with van der Waals surface area (Å²) in [5, 5.41) is 15.6. The Balaban J connectivity index is 1.22. The number of carbonyl (C=O) groups is 2. The number of nitrogens with zero attached hydrogens (tertiary/aromatic N) is 3. The lowest BCUT2D eigenvalue weighted by atomic mass is 9.84. The summed E-state index contributed by atoms with van der Waals surface area (Å²) in [4.78, 5) is 29.5. The molecule has 2 heterocycles. The van der Waals surface area contributed by atoms with Gasteiger partial charge in [0.15, 0.2) is 17.4 Å². The van der Waals surface area contributed by atoms with E-state index >= 15 is 0 Å². The highest BCUT2D eigenvalue weighted by Crippen LogP contribution is 2.33. The van der Waals surface area contributed by atoms with Crippen LogP contribution >= 0.6 is 0 Å². The number of carbonyl (C=O) groups excluding carboxylic acids is 1. The summed E-state index contributed by atoms with van der Waals surface area (Å²) in [6.07, 6.45) is 5.82. The van der Waals surface area contributed by atoms with E-state index in [9.17, 15) is 14.0 Å². The molecule has 0 spiro atoms. The number of anilines is 1. The van der Waals surface area contributed by atoms with Crippen LogP contribution in [-0.2, 0) is 9.59 Å². The van der Waals surface area contributed by atoms with E-state index in [-0.39, 0.29) is 48.7 Å². The second-order valence-electron chi connectivity index (χ2n) is 10.5. The van der Waals surface area contributed by atoms with E-state index < -0.39 is 5.97 Å². The van der Waals surface area contributed by atoms with Crippen LogP contribution in [0.25, 0.3) is 5.57 Å². The number of carboxylic acids is 1. The molecule has 4 rings (SSSR count). The van der Waals surface area contributed by atoms with Crippen LogP contribution in [0.15, 0.2) is 28.8 Å². The number of allylic oxidation sites excluding steroid dienone is 2. The monoisotopic (exact) mass is 528 g/mol. The van der Waals surface area contributed by atoms with Crippen molar-refractivity contribution in [2.75, 3.05) is 37.7 Å². The Labute approximate surface area is 222 Å².